The summed E-state index contributed by atoms with van der Waals surface area (Å²) < 4.78 is 5.21. The zero-order chi connectivity index (χ0) is 22.0. The first-order valence-electron chi connectivity index (χ1n) is 9.20. The third kappa shape index (κ3) is 4.77. The molecule has 0 fully saturated rings. The molecular formula is C22H17ClN2O3S3. The molecule has 0 bridgehead atoms. The molecule has 3 aromatic rings. The predicted octanol–water partition coefficient (Wildman–Crippen LogP) is 6.14. The van der Waals surface area contributed by atoms with E-state index in [1.165, 1.54) is 46.4 Å². The predicted molar refractivity (Wildman–Crippen MR) is 131 cm³/mol. The monoisotopic (exact) mass is 488 g/mol. The van der Waals surface area contributed by atoms with Crippen LogP contribution in [0.4, 0.5) is 5.69 Å². The SMILES string of the molecule is COc1ccc(N2C(=O)C(=Cc3cccs3)N=C2SCC(=O)c2ccc(C)s2)cc1Cl. The van der Waals surface area contributed by atoms with E-state index in [4.69, 9.17) is 16.3 Å². The maximum absolute atomic E-state index is 13.2. The second-order valence-corrected chi connectivity index (χ2v) is 10.1. The molecule has 9 heteroatoms. The minimum atomic E-state index is -0.267. The van der Waals surface area contributed by atoms with Crippen molar-refractivity contribution < 1.29 is 14.3 Å². The Morgan fingerprint density at radius 3 is 2.77 bits per heavy atom. The number of anilines is 1. The fraction of sp³-hybridized carbons (Fsp3) is 0.136. The van der Waals surface area contributed by atoms with Crippen molar-refractivity contribution in [1.82, 2.24) is 0 Å². The van der Waals surface area contributed by atoms with Crippen LogP contribution >= 0.6 is 46.0 Å². The molecule has 0 saturated heterocycles. The molecule has 31 heavy (non-hydrogen) atoms. The van der Waals surface area contributed by atoms with Gasteiger partial charge in [-0.1, -0.05) is 29.4 Å². The number of thiophene rings is 2. The Kier molecular flexibility index (Phi) is 6.62. The average Bonchev–Trinajstić information content (AvgIpc) is 3.48. The highest BCUT2D eigenvalue weighted by molar-refractivity contribution is 8.14. The topological polar surface area (TPSA) is 59.0 Å². The van der Waals surface area contributed by atoms with Gasteiger partial charge in [-0.25, -0.2) is 4.99 Å². The van der Waals surface area contributed by atoms with E-state index in [9.17, 15) is 9.59 Å². The van der Waals surface area contributed by atoms with E-state index in [1.54, 1.807) is 24.3 Å². The first-order chi connectivity index (χ1) is 15.0. The molecule has 1 aliphatic rings. The number of ketones is 1. The van der Waals surface area contributed by atoms with Crippen molar-refractivity contribution in [2.75, 3.05) is 17.8 Å². The van der Waals surface area contributed by atoms with Crippen molar-refractivity contribution in [1.29, 1.82) is 0 Å². The number of carbonyl (C=O) groups is 2. The second kappa shape index (κ2) is 9.40. The molecular weight excluding hydrogens is 472 g/mol. The van der Waals surface area contributed by atoms with E-state index in [2.05, 4.69) is 4.99 Å². The standard InChI is InChI=1S/C22H17ClN2O3S3/c1-13-5-8-20(31-13)18(26)12-30-22-24-17(11-15-4-3-9-29-15)21(27)25(22)14-6-7-19(28-2)16(23)10-14/h3-11H,12H2,1-2H3. The van der Waals surface area contributed by atoms with E-state index >= 15 is 0 Å². The van der Waals surface area contributed by atoms with Crippen LogP contribution in [0.1, 0.15) is 19.4 Å². The highest BCUT2D eigenvalue weighted by Crippen LogP contribution is 2.35. The van der Waals surface area contributed by atoms with Crippen LogP contribution in [0.2, 0.25) is 5.02 Å². The lowest BCUT2D eigenvalue weighted by molar-refractivity contribution is -0.113. The van der Waals surface area contributed by atoms with Crippen LogP contribution in [0.15, 0.2) is 58.5 Å². The molecule has 3 heterocycles. The molecule has 0 radical (unpaired) electrons. The summed E-state index contributed by atoms with van der Waals surface area (Å²) in [6.07, 6.45) is 1.75. The largest absolute Gasteiger partial charge is 0.495 e. The van der Waals surface area contributed by atoms with E-state index in [1.807, 2.05) is 36.6 Å². The lowest BCUT2D eigenvalue weighted by Gasteiger charge is -2.18. The molecule has 1 amide bonds. The number of amidine groups is 1. The van der Waals surface area contributed by atoms with E-state index < -0.39 is 0 Å². The molecule has 158 valence electrons. The van der Waals surface area contributed by atoms with Crippen molar-refractivity contribution in [2.45, 2.75) is 6.92 Å². The van der Waals surface area contributed by atoms with Gasteiger partial charge in [0.15, 0.2) is 11.0 Å². The number of rotatable bonds is 6. The summed E-state index contributed by atoms with van der Waals surface area (Å²) in [7, 11) is 1.53. The second-order valence-electron chi connectivity index (χ2n) is 6.52. The Balaban J connectivity index is 1.64. The minimum Gasteiger partial charge on any atom is -0.495 e. The van der Waals surface area contributed by atoms with E-state index in [-0.39, 0.29) is 17.4 Å². The van der Waals surface area contributed by atoms with Gasteiger partial charge in [0.25, 0.3) is 5.91 Å². The van der Waals surface area contributed by atoms with Crippen molar-refractivity contribution in [3.63, 3.8) is 0 Å². The maximum Gasteiger partial charge on any atom is 0.283 e. The lowest BCUT2D eigenvalue weighted by atomic mass is 10.2. The van der Waals surface area contributed by atoms with Gasteiger partial charge in [0, 0.05) is 9.75 Å². The molecule has 1 aromatic carbocycles. The van der Waals surface area contributed by atoms with Gasteiger partial charge in [-0.15, -0.1) is 22.7 Å². The van der Waals surface area contributed by atoms with Crippen LogP contribution in [0.3, 0.4) is 0 Å². The summed E-state index contributed by atoms with van der Waals surface area (Å²) in [5.41, 5.74) is 0.882. The number of carbonyl (C=O) groups excluding carboxylic acids is 2. The average molecular weight is 489 g/mol. The summed E-state index contributed by atoms with van der Waals surface area (Å²) in [5.74, 6) is 0.428. The maximum atomic E-state index is 13.2. The number of hydrogen-bond donors (Lipinski definition) is 0. The van der Waals surface area contributed by atoms with Gasteiger partial charge >= 0.3 is 0 Å². The summed E-state index contributed by atoms with van der Waals surface area (Å²) in [6.45, 7) is 1.96. The highest BCUT2D eigenvalue weighted by atomic mass is 35.5. The van der Waals surface area contributed by atoms with Gasteiger partial charge in [-0.2, -0.15) is 0 Å². The molecule has 0 unspecified atom stereocenters. The zero-order valence-corrected chi connectivity index (χ0v) is 19.8. The van der Waals surface area contributed by atoms with Crippen LogP contribution in [0.5, 0.6) is 5.75 Å². The minimum absolute atomic E-state index is 0.00153. The number of aliphatic imine (C=N–C) groups is 1. The van der Waals surface area contributed by atoms with Gasteiger partial charge in [0.05, 0.1) is 28.4 Å². The fourth-order valence-electron chi connectivity index (χ4n) is 2.91. The van der Waals surface area contributed by atoms with Crippen molar-refractivity contribution in [2.24, 2.45) is 4.99 Å². The summed E-state index contributed by atoms with van der Waals surface area (Å²) in [6, 6.07) is 12.7. The first kappa shape index (κ1) is 21.8. The number of halogens is 1. The van der Waals surface area contributed by atoms with Crippen molar-refractivity contribution in [3.8, 4) is 5.75 Å². The van der Waals surface area contributed by atoms with Gasteiger partial charge in [-0.3, -0.25) is 14.5 Å². The summed E-state index contributed by atoms with van der Waals surface area (Å²) in [5, 5.41) is 2.77. The highest BCUT2D eigenvalue weighted by Gasteiger charge is 2.33. The number of ether oxygens (including phenoxy) is 1. The number of thioether (sulfide) groups is 1. The Labute approximate surface area is 197 Å². The van der Waals surface area contributed by atoms with Gasteiger partial charge < -0.3 is 4.74 Å². The molecule has 0 aliphatic carbocycles. The summed E-state index contributed by atoms with van der Waals surface area (Å²) in [4.78, 5) is 34.5. The van der Waals surface area contributed by atoms with Gasteiger partial charge in [0.1, 0.15) is 11.4 Å². The number of benzene rings is 1. The molecule has 0 atom stereocenters. The Morgan fingerprint density at radius 2 is 2.13 bits per heavy atom. The fourth-order valence-corrected chi connectivity index (χ4v) is 5.60. The molecule has 1 aliphatic heterocycles. The zero-order valence-electron chi connectivity index (χ0n) is 16.6. The Hall–Kier alpha value is -2.39. The lowest BCUT2D eigenvalue weighted by Crippen LogP contribution is -2.30. The number of Topliss-reactive ketones (excluding diaryl/α,β-unsaturated/α-hetero) is 1. The first-order valence-corrected chi connectivity index (χ1v) is 12.3. The molecule has 0 saturated carbocycles. The molecule has 0 spiro atoms. The third-order valence-corrected chi connectivity index (χ3v) is 7.49. The Morgan fingerprint density at radius 1 is 1.29 bits per heavy atom. The van der Waals surface area contributed by atoms with Gasteiger partial charge in [-0.05, 0) is 54.8 Å². The number of nitrogens with zero attached hydrogens (tertiary/aromatic N) is 2. The molecule has 5 nitrogen and oxygen atoms in total. The number of aryl methyl sites for hydroxylation is 1. The normalized spacial score (nSPS) is 14.9. The smallest absolute Gasteiger partial charge is 0.283 e. The van der Waals surface area contributed by atoms with Crippen LogP contribution < -0.4 is 9.64 Å². The molecule has 0 N–H and O–H groups in total. The number of hydrogen-bond acceptors (Lipinski definition) is 7. The molecule has 2 aromatic heterocycles. The van der Waals surface area contributed by atoms with Crippen LogP contribution in [-0.4, -0.2) is 29.7 Å². The van der Waals surface area contributed by atoms with Crippen LogP contribution in [0.25, 0.3) is 6.08 Å². The van der Waals surface area contributed by atoms with Gasteiger partial charge in [0.2, 0.25) is 0 Å². The Bertz CT molecular complexity index is 1200. The summed E-state index contributed by atoms with van der Waals surface area (Å²) >= 11 is 10.5. The quantitative estimate of drug-likeness (QED) is 0.309. The van der Waals surface area contributed by atoms with E-state index in [0.29, 0.717) is 32.2 Å². The van der Waals surface area contributed by atoms with Crippen molar-refractivity contribution in [3.05, 3.63) is 73.2 Å². The third-order valence-electron chi connectivity index (χ3n) is 4.39. The van der Waals surface area contributed by atoms with E-state index in [0.717, 1.165) is 9.75 Å². The molecule has 4 rings (SSSR count). The van der Waals surface area contributed by atoms with Crippen LogP contribution in [0, 0.1) is 6.92 Å². The number of amides is 1. The number of methoxy groups -OCH3 is 1. The van der Waals surface area contributed by atoms with Crippen molar-refractivity contribution >= 4 is 74.7 Å². The van der Waals surface area contributed by atoms with Crippen LogP contribution in [-0.2, 0) is 4.79 Å².